The van der Waals surface area contributed by atoms with Crippen molar-refractivity contribution in [2.24, 2.45) is 11.3 Å². The molecule has 0 spiro atoms. The minimum Gasteiger partial charge on any atom is -0.356 e. The van der Waals surface area contributed by atoms with Gasteiger partial charge in [0, 0.05) is 25.7 Å². The molecule has 1 saturated heterocycles. The molecule has 10 heteroatoms. The van der Waals surface area contributed by atoms with Crippen LogP contribution in [0, 0.1) is 11.3 Å². The molecule has 43 heavy (non-hydrogen) atoms. The van der Waals surface area contributed by atoms with E-state index in [2.05, 4.69) is 35.1 Å². The second-order valence-electron chi connectivity index (χ2n) is 11.7. The van der Waals surface area contributed by atoms with Gasteiger partial charge in [-0.05, 0) is 57.3 Å². The molecule has 1 heterocycles. The van der Waals surface area contributed by atoms with Gasteiger partial charge in [-0.25, -0.2) is 4.79 Å². The summed E-state index contributed by atoms with van der Waals surface area (Å²) in [6.07, 6.45) is 11.4. The Labute approximate surface area is 263 Å². The Morgan fingerprint density at radius 2 is 1.42 bits per heavy atom. The van der Waals surface area contributed by atoms with E-state index < -0.39 is 23.5 Å². The molecule has 2 aliphatic carbocycles. The molecule has 0 aromatic carbocycles. The van der Waals surface area contributed by atoms with Crippen LogP contribution in [-0.4, -0.2) is 73.2 Å². The predicted octanol–water partition coefficient (Wildman–Crippen LogP) is 5.58. The highest BCUT2D eigenvalue weighted by molar-refractivity contribution is 5.92. The number of likely N-dealkylation sites (tertiary alicyclic amines) is 1. The van der Waals surface area contributed by atoms with Crippen molar-refractivity contribution in [2.75, 3.05) is 13.6 Å². The third-order valence-corrected chi connectivity index (χ3v) is 6.64. The first kappa shape index (κ1) is 44.8. The lowest BCUT2D eigenvalue weighted by molar-refractivity contribution is -0.142. The highest BCUT2D eigenvalue weighted by Crippen LogP contribution is 2.31. The van der Waals surface area contributed by atoms with Crippen LogP contribution in [0.5, 0.6) is 0 Å². The number of nitrogens with zero attached hydrogens (tertiary/aromatic N) is 1. The van der Waals surface area contributed by atoms with Gasteiger partial charge < -0.3 is 31.0 Å². The lowest BCUT2D eigenvalue weighted by Gasteiger charge is -2.35. The van der Waals surface area contributed by atoms with E-state index in [1.54, 1.807) is 4.90 Å². The van der Waals surface area contributed by atoms with E-state index in [9.17, 15) is 19.2 Å². The van der Waals surface area contributed by atoms with Crippen molar-refractivity contribution >= 4 is 30.5 Å². The van der Waals surface area contributed by atoms with Crippen LogP contribution in [-0.2, 0) is 19.2 Å². The van der Waals surface area contributed by atoms with Gasteiger partial charge in [-0.15, -0.1) is 0 Å². The zero-order valence-electron chi connectivity index (χ0n) is 29.6. The predicted molar refractivity (Wildman–Crippen MR) is 178 cm³/mol. The van der Waals surface area contributed by atoms with Gasteiger partial charge in [0.15, 0.2) is 0 Å². The molecule has 3 aliphatic rings. The lowest BCUT2D eigenvalue weighted by Crippen LogP contribution is -2.59. The van der Waals surface area contributed by atoms with Crippen LogP contribution < -0.4 is 21.3 Å². The van der Waals surface area contributed by atoms with Gasteiger partial charge in [0.1, 0.15) is 18.4 Å². The van der Waals surface area contributed by atoms with Crippen LogP contribution in [0.3, 0.4) is 0 Å². The lowest BCUT2D eigenvalue weighted by atomic mass is 9.81. The molecular weight excluding hydrogens is 546 g/mol. The maximum atomic E-state index is 13.2. The van der Waals surface area contributed by atoms with Crippen LogP contribution in [0.25, 0.3) is 0 Å². The number of carbonyl (C=O) groups is 5. The van der Waals surface area contributed by atoms with Crippen molar-refractivity contribution in [3.8, 4) is 0 Å². The molecule has 0 aromatic heterocycles. The fourth-order valence-corrected chi connectivity index (χ4v) is 4.29. The van der Waals surface area contributed by atoms with E-state index in [0.29, 0.717) is 19.0 Å². The Kier molecular flexibility index (Phi) is 28.1. The van der Waals surface area contributed by atoms with E-state index in [-0.39, 0.29) is 17.9 Å². The summed E-state index contributed by atoms with van der Waals surface area (Å²) in [5, 5.41) is 11.0. The number of amides is 5. The normalized spacial score (nSPS) is 18.0. The van der Waals surface area contributed by atoms with Crippen molar-refractivity contribution in [3.05, 3.63) is 0 Å². The van der Waals surface area contributed by atoms with Crippen molar-refractivity contribution in [2.45, 2.75) is 158 Å². The van der Waals surface area contributed by atoms with Crippen LogP contribution in [0.15, 0.2) is 0 Å². The average molecular weight is 614 g/mol. The summed E-state index contributed by atoms with van der Waals surface area (Å²) in [5.41, 5.74) is -0.454. The maximum absolute atomic E-state index is 13.2. The standard InChI is InChI=1S/C20H36N4O3.C4H7NO.C3H8.C2H4O.2C2H6/c1-13(12-14-8-6-9-14)22-17(25)15-10-7-11-24(15)18(26)16(20(2,3)4)23-19(27)21-5;6-3-5-4-1-2-4;1-3-2;1-2-3;2*1-2/h13-16H,6-12H2,1-5H3,(H,22,25)(H2,21,23,27);3-4H,1-2H2,(H,5,6);3H2,1-2H3;2H,1H3;2*1-2H3. The topological polar surface area (TPSA) is 137 Å². The SMILES string of the molecule is CC.CC.CC=O.CCC.CNC(=O)NC(C(=O)N1CCCC1C(=O)NC(C)CC1CCC1)C(C)(C)C.O=CNC1CC1. The van der Waals surface area contributed by atoms with Gasteiger partial charge in [0.05, 0.1) is 0 Å². The molecule has 10 nitrogen and oxygen atoms in total. The first-order valence-electron chi connectivity index (χ1n) is 16.6. The summed E-state index contributed by atoms with van der Waals surface area (Å²) < 4.78 is 0. The Morgan fingerprint density at radius 1 is 0.907 bits per heavy atom. The number of rotatable bonds is 8. The molecule has 3 fully saturated rings. The largest absolute Gasteiger partial charge is 0.356 e. The zero-order valence-corrected chi connectivity index (χ0v) is 29.6. The minimum absolute atomic E-state index is 0.0692. The Hall–Kier alpha value is -2.65. The van der Waals surface area contributed by atoms with Gasteiger partial charge in [0.2, 0.25) is 18.2 Å². The first-order valence-corrected chi connectivity index (χ1v) is 16.6. The van der Waals surface area contributed by atoms with Crippen LogP contribution >= 0.6 is 0 Å². The van der Waals surface area contributed by atoms with E-state index in [1.165, 1.54) is 52.5 Å². The fraction of sp³-hybridized carbons (Fsp3) is 0.848. The molecule has 3 unspecified atom stereocenters. The van der Waals surface area contributed by atoms with Crippen molar-refractivity contribution in [1.29, 1.82) is 0 Å². The average Bonchev–Trinajstić information content (AvgIpc) is 3.63. The zero-order chi connectivity index (χ0) is 34.0. The number of nitrogens with one attached hydrogen (secondary N) is 4. The van der Waals surface area contributed by atoms with E-state index in [0.717, 1.165) is 31.5 Å². The van der Waals surface area contributed by atoms with Crippen LogP contribution in [0.4, 0.5) is 4.79 Å². The molecule has 3 rings (SSSR count). The number of carbonyl (C=O) groups excluding carboxylic acids is 5. The fourth-order valence-electron chi connectivity index (χ4n) is 4.29. The van der Waals surface area contributed by atoms with Gasteiger partial charge >= 0.3 is 6.03 Å². The van der Waals surface area contributed by atoms with Crippen molar-refractivity contribution in [1.82, 2.24) is 26.2 Å². The highest BCUT2D eigenvalue weighted by Gasteiger charge is 2.42. The minimum atomic E-state index is -0.682. The molecule has 4 N–H and O–H groups in total. The maximum Gasteiger partial charge on any atom is 0.315 e. The second-order valence-corrected chi connectivity index (χ2v) is 11.7. The van der Waals surface area contributed by atoms with Crippen LogP contribution in [0.2, 0.25) is 0 Å². The quantitative estimate of drug-likeness (QED) is 0.265. The van der Waals surface area contributed by atoms with Gasteiger partial charge in [0.25, 0.3) is 0 Å². The molecule has 0 aromatic rings. The molecule has 2 saturated carbocycles. The van der Waals surface area contributed by atoms with Crippen molar-refractivity contribution < 1.29 is 24.0 Å². The van der Waals surface area contributed by atoms with Gasteiger partial charge in [-0.3, -0.25) is 14.4 Å². The van der Waals surface area contributed by atoms with E-state index in [1.807, 2.05) is 55.4 Å². The number of aldehydes is 1. The van der Waals surface area contributed by atoms with E-state index >= 15 is 0 Å². The smallest absolute Gasteiger partial charge is 0.315 e. The number of hydrogen-bond donors (Lipinski definition) is 4. The Morgan fingerprint density at radius 3 is 1.77 bits per heavy atom. The molecule has 0 radical (unpaired) electrons. The monoisotopic (exact) mass is 614 g/mol. The molecule has 254 valence electrons. The summed E-state index contributed by atoms with van der Waals surface area (Å²) in [6.45, 7) is 22.0. The summed E-state index contributed by atoms with van der Waals surface area (Å²) in [4.78, 5) is 57.8. The van der Waals surface area contributed by atoms with Crippen LogP contribution in [0.1, 0.15) is 134 Å². The number of hydrogen-bond acceptors (Lipinski definition) is 5. The molecule has 0 bridgehead atoms. The third-order valence-electron chi connectivity index (χ3n) is 6.64. The van der Waals surface area contributed by atoms with Crippen molar-refractivity contribution in [3.63, 3.8) is 0 Å². The summed E-state index contributed by atoms with van der Waals surface area (Å²) in [5.74, 6) is 0.472. The highest BCUT2D eigenvalue weighted by atomic mass is 16.2. The molecule has 1 aliphatic heterocycles. The molecular formula is C33H67N5O5. The molecule has 5 amide bonds. The second kappa shape index (κ2) is 26.9. The van der Waals surface area contributed by atoms with Gasteiger partial charge in [-0.2, -0.15) is 0 Å². The molecule has 3 atom stereocenters. The van der Waals surface area contributed by atoms with Gasteiger partial charge in [-0.1, -0.05) is 88.0 Å². The number of urea groups is 1. The van der Waals surface area contributed by atoms with E-state index in [4.69, 9.17) is 4.79 Å². The Balaban J connectivity index is -0.000000824. The Bertz CT molecular complexity index is 748. The third kappa shape index (κ3) is 20.8. The summed E-state index contributed by atoms with van der Waals surface area (Å²) in [6, 6.07) is -0.862. The summed E-state index contributed by atoms with van der Waals surface area (Å²) in [7, 11) is 1.52. The summed E-state index contributed by atoms with van der Waals surface area (Å²) >= 11 is 0. The first-order chi connectivity index (χ1) is 20.4.